The number of allylic oxidation sites excluding steroid dienone is 5. The monoisotopic (exact) mass is 544 g/mol. The first-order chi connectivity index (χ1) is 15.8. The van der Waals surface area contributed by atoms with Crippen LogP contribution in [0.15, 0.2) is 35.3 Å². The van der Waals surface area contributed by atoms with Crippen molar-refractivity contribution in [2.24, 2.45) is 29.1 Å². The fourth-order valence-electron chi connectivity index (χ4n) is 5.57. The fourth-order valence-corrected chi connectivity index (χ4v) is 6.59. The number of sulfone groups is 1. The Morgan fingerprint density at radius 1 is 1.14 bits per heavy atom. The number of nitrogens with zero attached hydrogens (tertiary/aromatic N) is 1. The molecule has 0 aromatic carbocycles. The molecule has 0 saturated carbocycles. The Morgan fingerprint density at radius 2 is 1.81 bits per heavy atom. The number of carbonyl (C=O) groups excluding carboxylic acids is 2. The van der Waals surface area contributed by atoms with Crippen molar-refractivity contribution < 1.29 is 23.5 Å². The first kappa shape index (κ1) is 32.4. The first-order valence-corrected chi connectivity index (χ1v) is 14.6. The van der Waals surface area contributed by atoms with E-state index in [1.807, 2.05) is 18.7 Å². The van der Waals surface area contributed by atoms with Crippen LogP contribution >= 0.6 is 11.6 Å². The fraction of sp³-hybridized carbons (Fsp3) is 0.704. The van der Waals surface area contributed by atoms with Crippen LogP contribution in [-0.2, 0) is 19.4 Å². The van der Waals surface area contributed by atoms with Gasteiger partial charge in [0.15, 0.2) is 9.84 Å². The lowest BCUT2D eigenvalue weighted by Crippen LogP contribution is -2.57. The molecule has 2 aliphatic carbocycles. The highest BCUT2D eigenvalue weighted by molar-refractivity contribution is 7.94. The van der Waals surface area contributed by atoms with Gasteiger partial charge in [0.2, 0.25) is 11.8 Å². The van der Waals surface area contributed by atoms with Gasteiger partial charge in [-0.3, -0.25) is 9.59 Å². The maximum Gasteiger partial charge on any atom is 0.245 e. The van der Waals surface area contributed by atoms with E-state index >= 15 is 0 Å². The average Bonchev–Trinajstić information content (AvgIpc) is 2.76. The highest BCUT2D eigenvalue weighted by Crippen LogP contribution is 2.43. The van der Waals surface area contributed by atoms with Gasteiger partial charge in [-0.15, -0.1) is 11.6 Å². The minimum atomic E-state index is -3.36. The molecule has 0 aromatic heterocycles. The van der Waals surface area contributed by atoms with E-state index in [4.69, 9.17) is 11.6 Å². The summed E-state index contributed by atoms with van der Waals surface area (Å²) in [5.74, 6) is -0.0922. The highest BCUT2D eigenvalue weighted by Gasteiger charge is 2.43. The molecule has 3 rings (SSSR count). The van der Waals surface area contributed by atoms with E-state index < -0.39 is 21.8 Å². The van der Waals surface area contributed by atoms with Crippen LogP contribution in [0.5, 0.6) is 0 Å². The molecule has 1 aliphatic heterocycles. The Labute approximate surface area is 222 Å². The zero-order valence-corrected chi connectivity index (χ0v) is 23.0. The summed E-state index contributed by atoms with van der Waals surface area (Å²) < 4.78 is 23.8. The van der Waals surface area contributed by atoms with E-state index in [1.165, 1.54) is 6.08 Å². The summed E-state index contributed by atoms with van der Waals surface area (Å²) in [6.07, 6.45) is 13.5. The van der Waals surface area contributed by atoms with E-state index in [1.54, 1.807) is 12.2 Å². The van der Waals surface area contributed by atoms with Crippen LogP contribution in [0.3, 0.4) is 0 Å². The van der Waals surface area contributed by atoms with Gasteiger partial charge in [0, 0.05) is 24.3 Å². The molecule has 5 atom stereocenters. The molecule has 1 fully saturated rings. The van der Waals surface area contributed by atoms with E-state index in [0.29, 0.717) is 24.9 Å². The Morgan fingerprint density at radius 3 is 2.33 bits per heavy atom. The third-order valence-corrected chi connectivity index (χ3v) is 9.19. The molecule has 3 aliphatic rings. The van der Waals surface area contributed by atoms with Crippen molar-refractivity contribution >= 4 is 33.3 Å². The number of alkyl halides is 1. The molecule has 0 aromatic rings. The van der Waals surface area contributed by atoms with Gasteiger partial charge < -0.3 is 15.7 Å². The molecule has 0 bridgehead atoms. The Kier molecular flexibility index (Phi) is 11.5. The molecule has 36 heavy (non-hydrogen) atoms. The minimum absolute atomic E-state index is 0. The van der Waals surface area contributed by atoms with Gasteiger partial charge in [0.25, 0.3) is 0 Å². The van der Waals surface area contributed by atoms with Crippen molar-refractivity contribution in [3.05, 3.63) is 35.3 Å². The number of rotatable bonds is 6. The van der Waals surface area contributed by atoms with Gasteiger partial charge in [-0.05, 0) is 54.9 Å². The topological polar surface area (TPSA) is 115 Å². The van der Waals surface area contributed by atoms with Crippen molar-refractivity contribution in [2.75, 3.05) is 19.3 Å². The lowest BCUT2D eigenvalue weighted by Gasteiger charge is -2.48. The maximum absolute atomic E-state index is 13.5. The average molecular weight is 545 g/mol. The smallest absolute Gasteiger partial charge is 0.245 e. The van der Waals surface area contributed by atoms with Crippen molar-refractivity contribution in [1.29, 1.82) is 0 Å². The summed E-state index contributed by atoms with van der Waals surface area (Å²) in [4.78, 5) is 28.7. The number of likely N-dealkylation sites (tertiary alicyclic amines) is 1. The largest absolute Gasteiger partial charge is 0.412 e. The van der Waals surface area contributed by atoms with Crippen molar-refractivity contribution in [3.8, 4) is 0 Å². The van der Waals surface area contributed by atoms with Gasteiger partial charge in [-0.25, -0.2) is 8.42 Å². The van der Waals surface area contributed by atoms with Gasteiger partial charge in [0.1, 0.15) is 6.04 Å². The summed E-state index contributed by atoms with van der Waals surface area (Å²) in [6.45, 7) is 9.63. The third kappa shape index (κ3) is 7.68. The predicted octanol–water partition coefficient (Wildman–Crippen LogP) is 3.89. The van der Waals surface area contributed by atoms with Crippen LogP contribution in [0.2, 0.25) is 0 Å². The zero-order chi connectivity index (χ0) is 25.3. The predicted molar refractivity (Wildman–Crippen MR) is 147 cm³/mol. The second kappa shape index (κ2) is 12.7. The molecular formula is C27H45ClN2O5S. The molecule has 7 nitrogen and oxygen atoms in total. The summed E-state index contributed by atoms with van der Waals surface area (Å²) in [5, 5.41) is 3.06. The summed E-state index contributed by atoms with van der Waals surface area (Å²) >= 11 is 6.24. The molecule has 9 heteroatoms. The normalized spacial score (nSPS) is 28.4. The van der Waals surface area contributed by atoms with Crippen LogP contribution in [-0.4, -0.2) is 61.4 Å². The molecule has 0 radical (unpaired) electrons. The third-order valence-electron chi connectivity index (χ3n) is 7.57. The quantitative estimate of drug-likeness (QED) is 0.403. The SMILES string of the molecule is C.CC(C)[C@@H](NC(=O)C1C=CC=C(S(C)(=O)=O)C1)C(=O)N1CC[C@H](C2C=CC(Cl)CC2)C(C)(C)C1.O. The van der Waals surface area contributed by atoms with Gasteiger partial charge in [0.05, 0.1) is 11.3 Å². The lowest BCUT2D eigenvalue weighted by molar-refractivity contribution is -0.142. The number of amides is 2. The number of hydrogen-bond donors (Lipinski definition) is 1. The second-order valence-electron chi connectivity index (χ2n) is 11.1. The molecule has 2 amide bonds. The summed E-state index contributed by atoms with van der Waals surface area (Å²) in [6, 6.07) is -0.646. The minimum Gasteiger partial charge on any atom is -0.412 e. The van der Waals surface area contributed by atoms with Crippen LogP contribution < -0.4 is 5.32 Å². The molecule has 206 valence electrons. The molecule has 0 spiro atoms. The van der Waals surface area contributed by atoms with Crippen LogP contribution in [0, 0.1) is 29.1 Å². The number of halogens is 1. The van der Waals surface area contributed by atoms with Crippen molar-refractivity contribution in [3.63, 3.8) is 0 Å². The van der Waals surface area contributed by atoms with Crippen LogP contribution in [0.4, 0.5) is 0 Å². The van der Waals surface area contributed by atoms with E-state index in [-0.39, 0.29) is 52.8 Å². The number of hydrogen-bond acceptors (Lipinski definition) is 4. The Hall–Kier alpha value is -1.64. The van der Waals surface area contributed by atoms with Crippen LogP contribution in [0.1, 0.15) is 60.8 Å². The summed E-state index contributed by atoms with van der Waals surface area (Å²) in [5.41, 5.74) is -0.0467. The number of nitrogens with one attached hydrogen (secondary N) is 1. The first-order valence-electron chi connectivity index (χ1n) is 12.3. The molecule has 3 unspecified atom stereocenters. The lowest BCUT2D eigenvalue weighted by atomic mass is 9.65. The zero-order valence-electron chi connectivity index (χ0n) is 21.5. The van der Waals surface area contributed by atoms with E-state index in [9.17, 15) is 18.0 Å². The summed E-state index contributed by atoms with van der Waals surface area (Å²) in [7, 11) is -3.36. The van der Waals surface area contributed by atoms with Gasteiger partial charge in [-0.2, -0.15) is 0 Å². The maximum atomic E-state index is 13.5. The van der Waals surface area contributed by atoms with Crippen molar-refractivity contribution in [1.82, 2.24) is 10.2 Å². The molecule has 1 heterocycles. The van der Waals surface area contributed by atoms with E-state index in [0.717, 1.165) is 25.5 Å². The van der Waals surface area contributed by atoms with E-state index in [2.05, 4.69) is 31.3 Å². The van der Waals surface area contributed by atoms with Gasteiger partial charge in [-0.1, -0.05) is 59.4 Å². The standard InChI is InChI=1S/C26H39ClN2O4S.CH4.H2O/c1-17(2)23(28-24(30)19-7-6-8-21(15-19)34(5,32)33)25(31)29-14-13-22(26(3,4)16-29)18-9-11-20(27)12-10-18;;/h6-9,11,17-20,22-23H,10,12-16H2,1-5H3,(H,28,30);1H4;1H2/t18?,19?,20?,22-,23-;;/m1../s1. The molecule has 3 N–H and O–H groups in total. The van der Waals surface area contributed by atoms with Crippen molar-refractivity contribution in [2.45, 2.75) is 72.2 Å². The Bertz CT molecular complexity index is 986. The molecule has 1 saturated heterocycles. The highest BCUT2D eigenvalue weighted by atomic mass is 35.5. The number of piperidine rings is 1. The van der Waals surface area contributed by atoms with Crippen LogP contribution in [0.25, 0.3) is 0 Å². The Balaban J connectivity index is 0.00000324. The number of carbonyl (C=O) groups is 2. The van der Waals surface area contributed by atoms with Gasteiger partial charge >= 0.3 is 0 Å². The second-order valence-corrected chi connectivity index (χ2v) is 13.7. The molecular weight excluding hydrogens is 500 g/mol.